The Hall–Kier alpha value is -0.900. The van der Waals surface area contributed by atoms with Gasteiger partial charge in [-0.3, -0.25) is 14.5 Å². The third kappa shape index (κ3) is 4.93. The standard InChI is InChI=1S/C7H12N2O2.2C2H6.H2/c1-5-4-6(10)9(3-2-8)7(5)11;2*1-2;/h5H,2-4,8H2,1H3;2*1-2H3;1H. The lowest BCUT2D eigenvalue weighted by molar-refractivity contribution is -0.139. The molecule has 1 fully saturated rings. The van der Waals surface area contributed by atoms with Crippen molar-refractivity contribution in [3.05, 3.63) is 0 Å². The summed E-state index contributed by atoms with van der Waals surface area (Å²) in [5.74, 6) is -0.317. The minimum atomic E-state index is -0.144. The van der Waals surface area contributed by atoms with Gasteiger partial charge in [0, 0.05) is 26.9 Å². The van der Waals surface area contributed by atoms with Crippen LogP contribution in [-0.4, -0.2) is 29.8 Å². The molecule has 0 saturated carbocycles. The number of rotatable bonds is 2. The Labute approximate surface area is 94.3 Å². The molecule has 2 N–H and O–H groups in total. The smallest absolute Gasteiger partial charge is 0.232 e. The topological polar surface area (TPSA) is 63.4 Å². The number of carbonyl (C=O) groups excluding carboxylic acids is 2. The number of amides is 2. The third-order valence-corrected chi connectivity index (χ3v) is 1.82. The van der Waals surface area contributed by atoms with E-state index in [-0.39, 0.29) is 19.2 Å². The van der Waals surface area contributed by atoms with Gasteiger partial charge in [0.15, 0.2) is 0 Å². The first-order valence-corrected chi connectivity index (χ1v) is 5.71. The molecule has 92 valence electrons. The lowest BCUT2D eigenvalue weighted by atomic mass is 10.1. The molecule has 2 amide bonds. The number of nitrogens with two attached hydrogens (primary N) is 1. The molecule has 15 heavy (non-hydrogen) atoms. The van der Waals surface area contributed by atoms with Crippen LogP contribution in [0.15, 0.2) is 0 Å². The van der Waals surface area contributed by atoms with Crippen molar-refractivity contribution in [3.8, 4) is 0 Å². The van der Waals surface area contributed by atoms with Gasteiger partial charge in [-0.05, 0) is 0 Å². The van der Waals surface area contributed by atoms with E-state index in [4.69, 9.17) is 5.73 Å². The van der Waals surface area contributed by atoms with Gasteiger partial charge in [0.1, 0.15) is 0 Å². The average Bonchev–Trinajstić information content (AvgIpc) is 2.51. The summed E-state index contributed by atoms with van der Waals surface area (Å²) in [5.41, 5.74) is 5.23. The van der Waals surface area contributed by atoms with E-state index in [1.54, 1.807) is 6.92 Å². The van der Waals surface area contributed by atoms with Gasteiger partial charge in [-0.1, -0.05) is 34.6 Å². The monoisotopic (exact) mass is 218 g/mol. The molecule has 0 aromatic carbocycles. The maximum absolute atomic E-state index is 11.2. The van der Waals surface area contributed by atoms with Crippen molar-refractivity contribution in [1.82, 2.24) is 4.90 Å². The summed E-state index contributed by atoms with van der Waals surface area (Å²) >= 11 is 0. The molecule has 1 heterocycles. The fourth-order valence-corrected chi connectivity index (χ4v) is 1.21. The molecule has 0 radical (unpaired) electrons. The first kappa shape index (κ1) is 16.5. The second-order valence-electron chi connectivity index (χ2n) is 2.78. The molecule has 1 atom stereocenters. The van der Waals surface area contributed by atoms with Crippen LogP contribution in [0.5, 0.6) is 0 Å². The highest BCUT2D eigenvalue weighted by atomic mass is 16.2. The van der Waals surface area contributed by atoms with E-state index < -0.39 is 0 Å². The molecule has 0 aliphatic carbocycles. The maximum Gasteiger partial charge on any atom is 0.232 e. The zero-order valence-corrected chi connectivity index (χ0v) is 10.5. The molecule has 1 saturated heterocycles. The van der Waals surface area contributed by atoms with E-state index in [9.17, 15) is 9.59 Å². The predicted molar refractivity (Wildman–Crippen MR) is 64.4 cm³/mol. The Morgan fingerprint density at radius 2 is 1.80 bits per heavy atom. The van der Waals surface area contributed by atoms with Gasteiger partial charge < -0.3 is 5.73 Å². The van der Waals surface area contributed by atoms with Crippen LogP contribution in [0.4, 0.5) is 0 Å². The van der Waals surface area contributed by atoms with Crippen molar-refractivity contribution in [2.45, 2.75) is 41.0 Å². The van der Waals surface area contributed by atoms with Crippen LogP contribution in [0.1, 0.15) is 42.5 Å². The van der Waals surface area contributed by atoms with Gasteiger partial charge >= 0.3 is 0 Å². The van der Waals surface area contributed by atoms with Crippen LogP contribution in [0.3, 0.4) is 0 Å². The number of hydrogen-bond acceptors (Lipinski definition) is 3. The van der Waals surface area contributed by atoms with E-state index in [1.807, 2.05) is 27.7 Å². The summed E-state index contributed by atoms with van der Waals surface area (Å²) in [6.45, 7) is 10.5. The molecule has 1 rings (SSSR count). The normalized spacial score (nSPS) is 19.1. The Morgan fingerprint density at radius 3 is 2.07 bits per heavy atom. The summed E-state index contributed by atoms with van der Waals surface area (Å²) in [6, 6.07) is 0. The van der Waals surface area contributed by atoms with Crippen LogP contribution < -0.4 is 5.73 Å². The van der Waals surface area contributed by atoms with Gasteiger partial charge in [-0.2, -0.15) is 0 Å². The number of imide groups is 1. The maximum atomic E-state index is 11.2. The molecule has 0 aromatic rings. The summed E-state index contributed by atoms with van der Waals surface area (Å²) in [4.78, 5) is 23.4. The average molecular weight is 218 g/mol. The largest absolute Gasteiger partial charge is 0.329 e. The number of nitrogens with zero attached hydrogens (tertiary/aromatic N) is 1. The van der Waals surface area contributed by atoms with Crippen molar-refractivity contribution in [1.29, 1.82) is 0 Å². The molecular weight excluding hydrogens is 192 g/mol. The van der Waals surface area contributed by atoms with E-state index in [1.165, 1.54) is 4.90 Å². The van der Waals surface area contributed by atoms with E-state index in [0.29, 0.717) is 19.5 Å². The molecule has 1 aliphatic heterocycles. The van der Waals surface area contributed by atoms with Crippen molar-refractivity contribution >= 4 is 11.8 Å². The van der Waals surface area contributed by atoms with Crippen LogP contribution >= 0.6 is 0 Å². The molecule has 1 unspecified atom stereocenters. The SMILES string of the molecule is CC.CC.CC1CC(=O)N(CCN)C1=O.[HH]. The lowest BCUT2D eigenvalue weighted by Crippen LogP contribution is -2.34. The van der Waals surface area contributed by atoms with Gasteiger partial charge in [0.05, 0.1) is 0 Å². The van der Waals surface area contributed by atoms with Crippen LogP contribution in [-0.2, 0) is 9.59 Å². The molecule has 4 heteroatoms. The van der Waals surface area contributed by atoms with Gasteiger partial charge in [-0.15, -0.1) is 0 Å². The van der Waals surface area contributed by atoms with Crippen molar-refractivity contribution in [2.75, 3.05) is 13.1 Å². The second kappa shape index (κ2) is 9.65. The Morgan fingerprint density at radius 1 is 1.33 bits per heavy atom. The number of hydrogen-bond donors (Lipinski definition) is 1. The second-order valence-corrected chi connectivity index (χ2v) is 2.78. The van der Waals surface area contributed by atoms with E-state index in [0.717, 1.165) is 0 Å². The van der Waals surface area contributed by atoms with Gasteiger partial charge in [0.25, 0.3) is 0 Å². The molecule has 4 nitrogen and oxygen atoms in total. The molecule has 1 aliphatic rings. The quantitative estimate of drug-likeness (QED) is 0.717. The summed E-state index contributed by atoms with van der Waals surface area (Å²) < 4.78 is 0. The minimum Gasteiger partial charge on any atom is -0.329 e. The highest BCUT2D eigenvalue weighted by Crippen LogP contribution is 2.17. The van der Waals surface area contributed by atoms with Crippen LogP contribution in [0, 0.1) is 5.92 Å². The zero-order chi connectivity index (χ0) is 12.4. The van der Waals surface area contributed by atoms with E-state index >= 15 is 0 Å². The fourth-order valence-electron chi connectivity index (χ4n) is 1.21. The van der Waals surface area contributed by atoms with Crippen molar-refractivity contribution in [2.24, 2.45) is 11.7 Å². The Bertz CT molecular complexity index is 198. The summed E-state index contributed by atoms with van der Waals surface area (Å²) in [5, 5.41) is 0. The van der Waals surface area contributed by atoms with Crippen molar-refractivity contribution < 1.29 is 11.0 Å². The first-order valence-electron chi connectivity index (χ1n) is 5.71. The van der Waals surface area contributed by atoms with Gasteiger partial charge in [0.2, 0.25) is 11.8 Å². The zero-order valence-electron chi connectivity index (χ0n) is 10.5. The molecule has 0 bridgehead atoms. The molecule has 0 spiro atoms. The predicted octanol–water partition coefficient (Wildman–Crippen LogP) is 1.64. The van der Waals surface area contributed by atoms with Crippen LogP contribution in [0.2, 0.25) is 0 Å². The Kier molecular flexibility index (Phi) is 10.6. The van der Waals surface area contributed by atoms with Crippen molar-refractivity contribution in [3.63, 3.8) is 0 Å². The fraction of sp³-hybridized carbons (Fsp3) is 0.818. The number of carbonyl (C=O) groups is 2. The summed E-state index contributed by atoms with van der Waals surface area (Å²) in [6.07, 6.45) is 0.346. The highest BCUT2D eigenvalue weighted by Gasteiger charge is 2.34. The lowest BCUT2D eigenvalue weighted by Gasteiger charge is -2.11. The number of likely N-dealkylation sites (tertiary alicyclic amines) is 1. The van der Waals surface area contributed by atoms with Gasteiger partial charge in [-0.25, -0.2) is 0 Å². The first-order chi connectivity index (χ1) is 7.16. The van der Waals surface area contributed by atoms with Crippen LogP contribution in [0.25, 0.3) is 0 Å². The summed E-state index contributed by atoms with van der Waals surface area (Å²) in [7, 11) is 0. The highest BCUT2D eigenvalue weighted by molar-refractivity contribution is 6.03. The molecular formula is C11H26N2O2. The third-order valence-electron chi connectivity index (χ3n) is 1.82. The van der Waals surface area contributed by atoms with E-state index in [2.05, 4.69) is 0 Å². The molecule has 0 aromatic heterocycles. The minimum absolute atomic E-state index is 0. The Balaban J connectivity index is -0.000000305.